The molecule has 0 spiro atoms. The third-order valence-corrected chi connectivity index (χ3v) is 9.91. The van der Waals surface area contributed by atoms with E-state index < -0.39 is 43.2 Å². The number of aromatic nitrogens is 3. The van der Waals surface area contributed by atoms with E-state index in [4.69, 9.17) is 0 Å². The van der Waals surface area contributed by atoms with Gasteiger partial charge in [-0.3, -0.25) is 9.36 Å². The van der Waals surface area contributed by atoms with Gasteiger partial charge in [0.05, 0.1) is 10.4 Å². The van der Waals surface area contributed by atoms with Crippen LogP contribution in [-0.4, -0.2) is 30.7 Å². The van der Waals surface area contributed by atoms with E-state index in [2.05, 4.69) is 38.5 Å². The van der Waals surface area contributed by atoms with Crippen LogP contribution in [0.2, 0.25) is 0 Å². The number of imidazole rings is 1. The number of aryl methyl sites for hydroxylation is 1. The van der Waals surface area contributed by atoms with Gasteiger partial charge >= 0.3 is 5.69 Å². The van der Waals surface area contributed by atoms with E-state index in [0.717, 1.165) is 6.07 Å². The molecule has 0 amide bonds. The van der Waals surface area contributed by atoms with Gasteiger partial charge in [0.25, 0.3) is 5.56 Å². The van der Waals surface area contributed by atoms with Crippen molar-refractivity contribution >= 4 is 59.6 Å². The van der Waals surface area contributed by atoms with E-state index in [1.54, 1.807) is 0 Å². The number of rotatable bonds is 5. The fraction of sp³-hybridized carbons (Fsp3) is 0.400. The minimum atomic E-state index is -4.24. The van der Waals surface area contributed by atoms with Gasteiger partial charge in [-0.2, -0.15) is 8.36 Å². The first-order chi connectivity index (χ1) is 15.1. The Hall–Kier alpha value is -1.54. The molecule has 0 unspecified atom stereocenters. The summed E-state index contributed by atoms with van der Waals surface area (Å²) in [5.41, 5.74) is -2.74. The molecule has 0 atom stereocenters. The molecule has 3 heterocycles. The summed E-state index contributed by atoms with van der Waals surface area (Å²) in [5.74, 6) is -2.12. The van der Waals surface area contributed by atoms with Crippen molar-refractivity contribution in [1.29, 1.82) is 0 Å². The molecular weight excluding hydrogens is 623 g/mol. The van der Waals surface area contributed by atoms with Crippen molar-refractivity contribution < 1.29 is 17.2 Å². The highest BCUT2D eigenvalue weighted by Crippen LogP contribution is 2.48. The van der Waals surface area contributed by atoms with Crippen molar-refractivity contribution in [2.75, 3.05) is 4.43 Å². The number of benzene rings is 1. The molecule has 1 fully saturated rings. The predicted molar refractivity (Wildman–Crippen MR) is 128 cm³/mol. The maximum Gasteiger partial charge on any atom is 0.347 e. The number of nitrogens with zero attached hydrogens (tertiary/aromatic N) is 3. The van der Waals surface area contributed by atoms with Crippen LogP contribution in [0.3, 0.4) is 0 Å². The Morgan fingerprint density at radius 3 is 2.50 bits per heavy atom. The van der Waals surface area contributed by atoms with E-state index in [1.807, 2.05) is 0 Å². The summed E-state index contributed by atoms with van der Waals surface area (Å²) in [6, 6.07) is 3.80. The van der Waals surface area contributed by atoms with Gasteiger partial charge in [0, 0.05) is 21.1 Å². The minimum Gasteiger partial charge on any atom is -0.308 e. The zero-order valence-electron chi connectivity index (χ0n) is 16.6. The summed E-state index contributed by atoms with van der Waals surface area (Å²) in [6.45, 7) is 0.228. The average Bonchev–Trinajstić information content (AvgIpc) is 3.25. The molecule has 5 rings (SSSR count). The lowest BCUT2D eigenvalue weighted by atomic mass is 10.2. The van der Waals surface area contributed by atoms with Gasteiger partial charge in [0.2, 0.25) is 15.8 Å². The van der Waals surface area contributed by atoms with E-state index in [9.17, 15) is 22.4 Å². The number of pyridine rings is 1. The third-order valence-electron chi connectivity index (χ3n) is 6.35. The predicted octanol–water partition coefficient (Wildman–Crippen LogP) is 3.48. The lowest BCUT2D eigenvalue weighted by Crippen LogP contribution is -2.37. The average molecular weight is 640 g/mol. The second kappa shape index (κ2) is 7.49. The first-order valence-electron chi connectivity index (χ1n) is 10.00. The van der Waals surface area contributed by atoms with Crippen molar-refractivity contribution in [1.82, 2.24) is 13.1 Å². The first kappa shape index (κ1) is 22.3. The lowest BCUT2D eigenvalue weighted by Gasteiger charge is -2.16. The molecule has 0 N–H and O–H groups in total. The Morgan fingerprint density at radius 2 is 1.88 bits per heavy atom. The summed E-state index contributed by atoms with van der Waals surface area (Å²) < 4.78 is 60.1. The topological polar surface area (TPSA) is 83.1 Å². The molecule has 0 radical (unpaired) electrons. The monoisotopic (exact) mass is 639 g/mol. The molecule has 170 valence electrons. The number of alkyl halides is 1. The van der Waals surface area contributed by atoms with E-state index in [0.29, 0.717) is 49.5 Å². The van der Waals surface area contributed by atoms with Crippen LogP contribution < -0.4 is 11.2 Å². The highest BCUT2D eigenvalue weighted by molar-refractivity contribution is 14.1. The maximum absolute atomic E-state index is 15.4. The van der Waals surface area contributed by atoms with Gasteiger partial charge in [0.1, 0.15) is 16.9 Å². The zero-order chi connectivity index (χ0) is 23.0. The molecule has 2 aliphatic rings. The lowest BCUT2D eigenvalue weighted by molar-refractivity contribution is 0.563. The molecule has 1 aromatic carbocycles. The van der Waals surface area contributed by atoms with Gasteiger partial charge in [0.15, 0.2) is 0 Å². The second-order valence-electron chi connectivity index (χ2n) is 8.12. The van der Waals surface area contributed by atoms with E-state index >= 15 is 4.39 Å². The van der Waals surface area contributed by atoms with Crippen LogP contribution in [0.15, 0.2) is 32.3 Å². The summed E-state index contributed by atoms with van der Waals surface area (Å²) in [6.07, 6.45) is 1.95. The zero-order valence-corrected chi connectivity index (χ0v) is 21.1. The first-order valence-corrected chi connectivity index (χ1v) is 13.8. The van der Waals surface area contributed by atoms with Crippen LogP contribution in [-0.2, 0) is 23.0 Å². The molecule has 1 saturated carbocycles. The molecule has 3 aromatic rings. The van der Waals surface area contributed by atoms with Crippen LogP contribution in [0.4, 0.5) is 8.78 Å². The maximum atomic E-state index is 15.4. The van der Waals surface area contributed by atoms with Crippen LogP contribution in [0.5, 0.6) is 0 Å². The standard InChI is InChI=1S/C20H17BrF2IN3O4S/c21-11-3-4-13(12(22)10-11)26-17-15(23)18(28)25-9-1-2-14(25)16(17)27(19(26)29)32(30,31)20(5-6-20)7-8-24/h3-4,10H,1-2,5-9H2. The smallest absolute Gasteiger partial charge is 0.308 e. The molecule has 7 nitrogen and oxygen atoms in total. The summed E-state index contributed by atoms with van der Waals surface area (Å²) in [5, 5.41) is 0. The number of halogens is 4. The Bertz CT molecular complexity index is 1520. The van der Waals surface area contributed by atoms with Gasteiger partial charge in [-0.1, -0.05) is 38.5 Å². The van der Waals surface area contributed by atoms with Crippen LogP contribution in [0, 0.1) is 11.6 Å². The number of fused-ring (bicyclic) bond motifs is 3. The van der Waals surface area contributed by atoms with Crippen molar-refractivity contribution in [3.05, 3.63) is 60.8 Å². The summed E-state index contributed by atoms with van der Waals surface area (Å²) >= 11 is 5.22. The third kappa shape index (κ3) is 2.94. The quantitative estimate of drug-likeness (QED) is 0.316. The van der Waals surface area contributed by atoms with Crippen molar-refractivity contribution in [2.24, 2.45) is 0 Å². The van der Waals surface area contributed by atoms with Crippen molar-refractivity contribution in [2.45, 2.75) is 43.4 Å². The fourth-order valence-electron chi connectivity index (χ4n) is 4.56. The highest BCUT2D eigenvalue weighted by Gasteiger charge is 2.56. The minimum absolute atomic E-state index is 0.161. The molecule has 0 bridgehead atoms. The highest BCUT2D eigenvalue weighted by atomic mass is 127. The van der Waals surface area contributed by atoms with Gasteiger partial charge in [-0.25, -0.2) is 17.6 Å². The summed E-state index contributed by atoms with van der Waals surface area (Å²) in [4.78, 5) is 26.3. The van der Waals surface area contributed by atoms with Gasteiger partial charge in [-0.15, -0.1) is 0 Å². The second-order valence-corrected chi connectivity index (χ2v) is 12.3. The van der Waals surface area contributed by atoms with Gasteiger partial charge < -0.3 is 4.57 Å². The SMILES string of the molecule is O=c1c(F)c2c(c3n1CCC3)n(S(=O)(=O)C1(CCI)CC1)c(=O)n2-c1ccc(Br)cc1F. The normalized spacial score (nSPS) is 17.1. The van der Waals surface area contributed by atoms with Crippen molar-refractivity contribution in [3.8, 4) is 5.69 Å². The molecular formula is C20H17BrF2IN3O4S. The number of hydrogen-bond acceptors (Lipinski definition) is 4. The van der Waals surface area contributed by atoms with E-state index in [1.165, 1.54) is 16.7 Å². The fourth-order valence-corrected chi connectivity index (χ4v) is 8.37. The van der Waals surface area contributed by atoms with E-state index in [-0.39, 0.29) is 23.4 Å². The Morgan fingerprint density at radius 1 is 1.16 bits per heavy atom. The molecule has 1 aliphatic carbocycles. The van der Waals surface area contributed by atoms with Crippen LogP contribution >= 0.6 is 38.5 Å². The largest absolute Gasteiger partial charge is 0.347 e. The Labute approximate surface area is 203 Å². The molecule has 2 aromatic heterocycles. The molecule has 32 heavy (non-hydrogen) atoms. The number of hydrogen-bond donors (Lipinski definition) is 0. The van der Waals surface area contributed by atoms with Crippen LogP contribution in [0.25, 0.3) is 16.7 Å². The Kier molecular flexibility index (Phi) is 5.21. The molecule has 0 saturated heterocycles. The molecule has 1 aliphatic heterocycles. The molecule has 12 heteroatoms. The summed E-state index contributed by atoms with van der Waals surface area (Å²) in [7, 11) is -4.24. The van der Waals surface area contributed by atoms with Crippen molar-refractivity contribution in [3.63, 3.8) is 0 Å². The van der Waals surface area contributed by atoms with Gasteiger partial charge in [-0.05, 0) is 50.3 Å². The Balaban J connectivity index is 1.98. The van der Waals surface area contributed by atoms with Crippen LogP contribution in [0.1, 0.15) is 31.4 Å².